The quantitative estimate of drug-likeness (QED) is 0.466. The molecule has 2 rings (SSSR count). The molecule has 1 aliphatic rings. The Labute approximate surface area is 153 Å². The van der Waals surface area contributed by atoms with E-state index in [0.29, 0.717) is 6.61 Å². The number of hydrogen-bond acceptors (Lipinski definition) is 7. The summed E-state index contributed by atoms with van der Waals surface area (Å²) in [5.74, 6) is -0.992. The maximum atomic E-state index is 11.0. The van der Waals surface area contributed by atoms with Gasteiger partial charge in [0.05, 0.1) is 33.0 Å². The summed E-state index contributed by atoms with van der Waals surface area (Å²) < 4.78 is 17.3. The van der Waals surface area contributed by atoms with Crippen molar-refractivity contribution >= 4 is 0 Å². The van der Waals surface area contributed by atoms with Crippen molar-refractivity contribution in [3.63, 3.8) is 0 Å². The molecule has 1 aliphatic heterocycles. The summed E-state index contributed by atoms with van der Waals surface area (Å²) in [5, 5.41) is 39.5. The van der Waals surface area contributed by atoms with Gasteiger partial charge in [0.1, 0.15) is 17.8 Å². The van der Waals surface area contributed by atoms with Gasteiger partial charge in [-0.1, -0.05) is 36.4 Å². The monoisotopic (exact) mass is 368 g/mol. The predicted octanol–water partition coefficient (Wildman–Crippen LogP) is 0.358. The highest BCUT2D eigenvalue weighted by atomic mass is 16.8. The summed E-state index contributed by atoms with van der Waals surface area (Å²) in [5.41, 5.74) is -0.829. The molecule has 1 heterocycles. The van der Waals surface area contributed by atoms with Crippen LogP contribution in [0.3, 0.4) is 0 Å². The van der Waals surface area contributed by atoms with E-state index in [4.69, 9.17) is 19.3 Å². The van der Waals surface area contributed by atoms with Gasteiger partial charge in [0, 0.05) is 0 Å². The van der Waals surface area contributed by atoms with Gasteiger partial charge in [-0.3, -0.25) is 0 Å². The van der Waals surface area contributed by atoms with Crippen LogP contribution in [0.1, 0.15) is 19.4 Å². The maximum absolute atomic E-state index is 11.0. The molecule has 7 heteroatoms. The molecule has 4 N–H and O–H groups in total. The number of rotatable bonds is 9. The molecule has 1 aromatic carbocycles. The zero-order valence-corrected chi connectivity index (χ0v) is 15.2. The first kappa shape index (κ1) is 21.0. The average Bonchev–Trinajstić information content (AvgIpc) is 2.95. The third-order valence-corrected chi connectivity index (χ3v) is 4.35. The second-order valence-corrected chi connectivity index (χ2v) is 6.75. The van der Waals surface area contributed by atoms with Crippen molar-refractivity contribution in [2.75, 3.05) is 26.4 Å². The zero-order valence-electron chi connectivity index (χ0n) is 15.2. The van der Waals surface area contributed by atoms with Crippen LogP contribution in [0.15, 0.2) is 42.0 Å². The molecule has 0 aromatic heterocycles. The van der Waals surface area contributed by atoms with Gasteiger partial charge in [0.2, 0.25) is 0 Å². The Morgan fingerprint density at radius 3 is 2.46 bits per heavy atom. The highest BCUT2D eigenvalue weighted by Gasteiger charge is 2.53. The third kappa shape index (κ3) is 4.89. The van der Waals surface area contributed by atoms with Gasteiger partial charge in [-0.25, -0.2) is 0 Å². The highest BCUT2D eigenvalue weighted by molar-refractivity contribution is 5.22. The Balaban J connectivity index is 2.13. The lowest BCUT2D eigenvalue weighted by Crippen LogP contribution is -2.54. The van der Waals surface area contributed by atoms with Crippen LogP contribution in [0.4, 0.5) is 0 Å². The van der Waals surface area contributed by atoms with E-state index in [1.165, 1.54) is 6.08 Å². The average molecular weight is 368 g/mol. The van der Waals surface area contributed by atoms with Gasteiger partial charge in [0.25, 0.3) is 0 Å². The van der Waals surface area contributed by atoms with Gasteiger partial charge in [0.15, 0.2) is 5.79 Å². The van der Waals surface area contributed by atoms with Crippen LogP contribution in [0.2, 0.25) is 0 Å². The van der Waals surface area contributed by atoms with E-state index in [0.717, 1.165) is 5.56 Å². The lowest BCUT2D eigenvalue weighted by Gasteiger charge is -2.35. The molecule has 0 amide bonds. The van der Waals surface area contributed by atoms with Gasteiger partial charge >= 0.3 is 0 Å². The minimum absolute atomic E-state index is 0.0712. The summed E-state index contributed by atoms with van der Waals surface area (Å²) in [6.45, 7) is 2.28. The number of benzene rings is 1. The second-order valence-electron chi connectivity index (χ2n) is 6.75. The Hall–Kier alpha value is -1.32. The first-order chi connectivity index (χ1) is 12.4. The normalized spacial score (nSPS) is 25.2. The summed E-state index contributed by atoms with van der Waals surface area (Å²) in [7, 11) is 0. The standard InChI is InChI=1S/C19H28O7/c1-18(2)25-16(12-24-11-14-6-4-3-5-7-14)17(26-18)19(23,13-22)15(10-21)8-9-20/h3-8,16-17,20-23H,9-13H2,1-2H3/b15-8+/t16-,17+,19+/m0/s1. The van der Waals surface area contributed by atoms with Crippen LogP contribution >= 0.6 is 0 Å². The zero-order chi connectivity index (χ0) is 19.2. The van der Waals surface area contributed by atoms with Crippen LogP contribution in [0.25, 0.3) is 0 Å². The molecule has 0 spiro atoms. The smallest absolute Gasteiger partial charge is 0.164 e. The molecular weight excluding hydrogens is 340 g/mol. The van der Waals surface area contributed by atoms with Crippen molar-refractivity contribution < 1.29 is 34.6 Å². The van der Waals surface area contributed by atoms with E-state index >= 15 is 0 Å². The summed E-state index contributed by atoms with van der Waals surface area (Å²) in [4.78, 5) is 0. The first-order valence-corrected chi connectivity index (χ1v) is 8.58. The fourth-order valence-corrected chi connectivity index (χ4v) is 3.09. The van der Waals surface area contributed by atoms with Crippen molar-refractivity contribution in [1.29, 1.82) is 0 Å². The van der Waals surface area contributed by atoms with Crippen LogP contribution < -0.4 is 0 Å². The van der Waals surface area contributed by atoms with Gasteiger partial charge < -0.3 is 34.6 Å². The summed E-state index contributed by atoms with van der Waals surface area (Å²) >= 11 is 0. The topological polar surface area (TPSA) is 109 Å². The molecule has 0 bridgehead atoms. The van der Waals surface area contributed by atoms with E-state index in [-0.39, 0.29) is 18.8 Å². The Morgan fingerprint density at radius 1 is 1.19 bits per heavy atom. The molecule has 26 heavy (non-hydrogen) atoms. The predicted molar refractivity (Wildman–Crippen MR) is 94.2 cm³/mol. The molecule has 3 atom stereocenters. The number of aliphatic hydroxyl groups excluding tert-OH is 3. The van der Waals surface area contributed by atoms with Gasteiger partial charge in [-0.2, -0.15) is 0 Å². The van der Waals surface area contributed by atoms with Crippen molar-refractivity contribution in [3.05, 3.63) is 47.5 Å². The lowest BCUT2D eigenvalue weighted by molar-refractivity contribution is -0.171. The van der Waals surface area contributed by atoms with E-state index in [1.54, 1.807) is 13.8 Å². The molecule has 1 aromatic rings. The second kappa shape index (κ2) is 9.05. The number of hydrogen-bond donors (Lipinski definition) is 4. The molecule has 0 radical (unpaired) electrons. The molecular formula is C19H28O7. The van der Waals surface area contributed by atoms with Gasteiger partial charge in [-0.15, -0.1) is 0 Å². The van der Waals surface area contributed by atoms with E-state index in [1.807, 2.05) is 30.3 Å². The molecule has 0 aliphatic carbocycles. The lowest BCUT2D eigenvalue weighted by atomic mass is 9.85. The largest absolute Gasteiger partial charge is 0.393 e. The molecule has 0 unspecified atom stereocenters. The van der Waals surface area contributed by atoms with Crippen LogP contribution in [-0.4, -0.2) is 70.4 Å². The minimum atomic E-state index is -1.90. The Bertz CT molecular complexity index is 587. The van der Waals surface area contributed by atoms with Gasteiger partial charge in [-0.05, 0) is 25.0 Å². The molecule has 146 valence electrons. The maximum Gasteiger partial charge on any atom is 0.164 e. The van der Waals surface area contributed by atoms with Crippen LogP contribution in [0, 0.1) is 0 Å². The van der Waals surface area contributed by atoms with Crippen molar-refractivity contribution in [2.45, 2.75) is 44.1 Å². The first-order valence-electron chi connectivity index (χ1n) is 8.58. The summed E-state index contributed by atoms with van der Waals surface area (Å²) in [6, 6.07) is 9.62. The number of ether oxygens (including phenoxy) is 3. The highest BCUT2D eigenvalue weighted by Crippen LogP contribution is 2.37. The Morgan fingerprint density at radius 2 is 1.88 bits per heavy atom. The molecule has 1 saturated heterocycles. The molecule has 1 fully saturated rings. The van der Waals surface area contributed by atoms with Crippen molar-refractivity contribution in [3.8, 4) is 0 Å². The third-order valence-electron chi connectivity index (χ3n) is 4.35. The Kier molecular flexibility index (Phi) is 7.31. The van der Waals surface area contributed by atoms with E-state index in [9.17, 15) is 15.3 Å². The summed E-state index contributed by atoms with van der Waals surface area (Å²) in [6.07, 6.45) is -0.380. The fourth-order valence-electron chi connectivity index (χ4n) is 3.09. The van der Waals surface area contributed by atoms with Crippen LogP contribution in [0.5, 0.6) is 0 Å². The minimum Gasteiger partial charge on any atom is -0.393 e. The van der Waals surface area contributed by atoms with Crippen molar-refractivity contribution in [1.82, 2.24) is 0 Å². The number of aliphatic hydroxyl groups is 4. The molecule has 7 nitrogen and oxygen atoms in total. The van der Waals surface area contributed by atoms with Crippen LogP contribution in [-0.2, 0) is 20.8 Å². The SMILES string of the molecule is CC1(C)O[C@@H](COCc2ccccc2)[C@H]([C@@](O)(CO)/C(=C/CO)CO)O1. The van der Waals surface area contributed by atoms with E-state index < -0.39 is 36.8 Å². The van der Waals surface area contributed by atoms with Crippen molar-refractivity contribution in [2.24, 2.45) is 0 Å². The molecule has 0 saturated carbocycles. The van der Waals surface area contributed by atoms with E-state index in [2.05, 4.69) is 0 Å². The fraction of sp³-hybridized carbons (Fsp3) is 0.579.